The molecule has 1 saturated heterocycles. The highest BCUT2D eigenvalue weighted by Gasteiger charge is 2.33. The molecule has 13 heteroatoms. The first-order valence-electron chi connectivity index (χ1n) is 12.4. The van der Waals surface area contributed by atoms with Gasteiger partial charge in [-0.05, 0) is 6.07 Å². The van der Waals surface area contributed by atoms with Gasteiger partial charge >= 0.3 is 6.18 Å². The Bertz CT molecular complexity index is 1500. The molecule has 2 N–H and O–H groups in total. The number of morpholine rings is 1. The molecule has 0 atom stereocenters. The Labute approximate surface area is 231 Å². The molecule has 40 heavy (non-hydrogen) atoms. The molecule has 2 aromatic heterocycles. The zero-order chi connectivity index (χ0) is 28.3. The van der Waals surface area contributed by atoms with E-state index < -0.39 is 24.3 Å². The number of alkyl halides is 3. The second-order valence-corrected chi connectivity index (χ2v) is 10.0. The van der Waals surface area contributed by atoms with Crippen LogP contribution in [0, 0.1) is 0 Å². The highest BCUT2D eigenvalue weighted by molar-refractivity contribution is 7.16. The average molecular weight is 577 g/mol. The Hall–Kier alpha value is -3.81. The van der Waals surface area contributed by atoms with Gasteiger partial charge in [-0.15, -0.1) is 11.3 Å². The van der Waals surface area contributed by atoms with E-state index in [9.17, 15) is 18.0 Å². The first-order chi connectivity index (χ1) is 19.2. The predicted molar refractivity (Wildman–Crippen MR) is 143 cm³/mol. The van der Waals surface area contributed by atoms with Crippen LogP contribution in [0.25, 0.3) is 16.0 Å². The van der Waals surface area contributed by atoms with Crippen molar-refractivity contribution in [3.05, 3.63) is 64.8 Å². The largest absolute Gasteiger partial charge is 0.493 e. The van der Waals surface area contributed by atoms with Crippen LogP contribution in [0.3, 0.4) is 0 Å². The number of aromatic nitrogens is 2. The summed E-state index contributed by atoms with van der Waals surface area (Å²) in [5, 5.41) is 0.540. The van der Waals surface area contributed by atoms with Crippen molar-refractivity contribution >= 4 is 28.3 Å². The molecule has 1 amide bonds. The third-order valence-corrected chi connectivity index (χ3v) is 7.58. The van der Waals surface area contributed by atoms with Gasteiger partial charge in [0.05, 0.1) is 36.9 Å². The quantitative estimate of drug-likeness (QED) is 0.297. The fourth-order valence-corrected chi connectivity index (χ4v) is 5.35. The number of rotatable bonds is 10. The SMILES string of the molecule is COc1cc2c(cc1OCCN1CCOCC1)ncn2-c1cc(OCc2ccccc2C(F)(F)F)c(C(N)=O)s1. The zero-order valence-electron chi connectivity index (χ0n) is 21.6. The minimum atomic E-state index is -4.54. The standard InChI is InChI=1S/C27H27F3N4O5S/c1-36-21-13-20-19(12-22(21)38-11-8-33-6-9-37-10-7-33)32-16-34(20)24-14-23(25(40-24)26(31)35)39-15-17-4-2-3-5-18(17)27(28,29)30/h2-5,12-14,16H,6-11,15H2,1H3,(H2,31,35). The number of amides is 1. The molecule has 0 saturated carbocycles. The number of ether oxygens (including phenoxy) is 4. The maximum Gasteiger partial charge on any atom is 0.416 e. The number of hydrogen-bond donors (Lipinski definition) is 1. The molecule has 0 spiro atoms. The minimum Gasteiger partial charge on any atom is -0.493 e. The van der Waals surface area contributed by atoms with E-state index in [-0.39, 0.29) is 16.2 Å². The topological polar surface area (TPSA) is 101 Å². The Kier molecular flexibility index (Phi) is 8.14. The summed E-state index contributed by atoms with van der Waals surface area (Å²) in [6.45, 7) is 3.96. The lowest BCUT2D eigenvalue weighted by atomic mass is 10.1. The first-order valence-corrected chi connectivity index (χ1v) is 13.3. The van der Waals surface area contributed by atoms with Crippen molar-refractivity contribution in [2.24, 2.45) is 5.73 Å². The van der Waals surface area contributed by atoms with E-state index in [4.69, 9.17) is 24.7 Å². The average Bonchev–Trinajstić information content (AvgIpc) is 3.55. The zero-order valence-corrected chi connectivity index (χ0v) is 22.4. The number of nitrogens with two attached hydrogens (primary N) is 1. The van der Waals surface area contributed by atoms with Gasteiger partial charge in [-0.25, -0.2) is 4.98 Å². The van der Waals surface area contributed by atoms with Crippen molar-refractivity contribution in [1.82, 2.24) is 14.5 Å². The molecule has 212 valence electrons. The fourth-order valence-electron chi connectivity index (χ4n) is 4.41. The van der Waals surface area contributed by atoms with Gasteiger partial charge < -0.3 is 24.7 Å². The van der Waals surface area contributed by atoms with Gasteiger partial charge in [0.2, 0.25) is 0 Å². The van der Waals surface area contributed by atoms with E-state index in [1.54, 1.807) is 29.1 Å². The second kappa shape index (κ2) is 11.7. The lowest BCUT2D eigenvalue weighted by Crippen LogP contribution is -2.38. The summed E-state index contributed by atoms with van der Waals surface area (Å²) in [6.07, 6.45) is -2.97. The van der Waals surface area contributed by atoms with E-state index in [1.165, 1.54) is 25.3 Å². The Morgan fingerprint density at radius 3 is 2.60 bits per heavy atom. The lowest BCUT2D eigenvalue weighted by molar-refractivity contribution is -0.138. The summed E-state index contributed by atoms with van der Waals surface area (Å²) in [6, 6.07) is 10.2. The monoisotopic (exact) mass is 576 g/mol. The Balaban J connectivity index is 1.38. The molecule has 2 aromatic carbocycles. The third-order valence-electron chi connectivity index (χ3n) is 6.45. The molecule has 1 fully saturated rings. The molecule has 3 heterocycles. The van der Waals surface area contributed by atoms with Gasteiger partial charge in [-0.1, -0.05) is 18.2 Å². The minimum absolute atomic E-state index is 0.0582. The van der Waals surface area contributed by atoms with Crippen molar-refractivity contribution in [2.75, 3.05) is 46.6 Å². The number of thiophene rings is 1. The van der Waals surface area contributed by atoms with E-state index in [0.29, 0.717) is 47.4 Å². The van der Waals surface area contributed by atoms with E-state index >= 15 is 0 Å². The van der Waals surface area contributed by atoms with Gasteiger partial charge in [-0.2, -0.15) is 13.2 Å². The summed E-state index contributed by atoms with van der Waals surface area (Å²) in [4.78, 5) is 19.0. The fraction of sp³-hybridized carbons (Fsp3) is 0.333. The molecular formula is C27H27F3N4O5S. The summed E-state index contributed by atoms with van der Waals surface area (Å²) < 4.78 is 64.6. The highest BCUT2D eigenvalue weighted by Crippen LogP contribution is 2.38. The summed E-state index contributed by atoms with van der Waals surface area (Å²) in [7, 11) is 1.54. The van der Waals surface area contributed by atoms with Crippen LogP contribution in [0.2, 0.25) is 0 Å². The predicted octanol–water partition coefficient (Wildman–Crippen LogP) is 4.50. The number of hydrogen-bond acceptors (Lipinski definition) is 8. The summed E-state index contributed by atoms with van der Waals surface area (Å²) in [5.74, 6) is 0.377. The van der Waals surface area contributed by atoms with Crippen LogP contribution in [-0.2, 0) is 17.5 Å². The van der Waals surface area contributed by atoms with E-state index in [1.807, 2.05) is 0 Å². The number of benzene rings is 2. The van der Waals surface area contributed by atoms with E-state index in [0.717, 1.165) is 37.0 Å². The molecule has 0 bridgehead atoms. The van der Waals surface area contributed by atoms with Crippen LogP contribution in [0.1, 0.15) is 20.8 Å². The molecule has 1 aliphatic heterocycles. The van der Waals surface area contributed by atoms with Gasteiger partial charge in [-0.3, -0.25) is 14.3 Å². The number of carbonyl (C=O) groups excluding carboxylic acids is 1. The molecule has 1 aliphatic rings. The Morgan fingerprint density at radius 2 is 1.88 bits per heavy atom. The molecular weight excluding hydrogens is 549 g/mol. The Morgan fingerprint density at radius 1 is 1.10 bits per heavy atom. The smallest absolute Gasteiger partial charge is 0.416 e. The van der Waals surface area contributed by atoms with Gasteiger partial charge in [0.15, 0.2) is 11.5 Å². The number of methoxy groups -OCH3 is 1. The van der Waals surface area contributed by atoms with Crippen molar-refractivity contribution in [2.45, 2.75) is 12.8 Å². The van der Waals surface area contributed by atoms with Crippen LogP contribution in [0.15, 0.2) is 48.8 Å². The molecule has 5 rings (SSSR count). The maximum atomic E-state index is 13.4. The molecule has 0 radical (unpaired) electrons. The van der Waals surface area contributed by atoms with Crippen LogP contribution in [0.5, 0.6) is 17.2 Å². The highest BCUT2D eigenvalue weighted by atomic mass is 32.1. The van der Waals surface area contributed by atoms with Gasteiger partial charge in [0.1, 0.15) is 35.2 Å². The van der Waals surface area contributed by atoms with Gasteiger partial charge in [0.25, 0.3) is 5.91 Å². The lowest BCUT2D eigenvalue weighted by Gasteiger charge is -2.26. The molecule has 0 unspecified atom stereocenters. The van der Waals surface area contributed by atoms with Crippen LogP contribution < -0.4 is 19.9 Å². The number of imidazole rings is 1. The number of halogens is 3. The summed E-state index contributed by atoms with van der Waals surface area (Å²) in [5.41, 5.74) is 6.00. The summed E-state index contributed by atoms with van der Waals surface area (Å²) >= 11 is 1.05. The number of nitrogens with zero attached hydrogens (tertiary/aromatic N) is 3. The van der Waals surface area contributed by atoms with Crippen molar-refractivity contribution in [3.63, 3.8) is 0 Å². The van der Waals surface area contributed by atoms with Crippen molar-refractivity contribution in [3.8, 4) is 22.2 Å². The van der Waals surface area contributed by atoms with Crippen LogP contribution in [0.4, 0.5) is 13.2 Å². The second-order valence-electron chi connectivity index (χ2n) is 8.99. The van der Waals surface area contributed by atoms with Crippen molar-refractivity contribution in [1.29, 1.82) is 0 Å². The molecule has 4 aromatic rings. The normalized spacial score (nSPS) is 14.4. The van der Waals surface area contributed by atoms with Crippen molar-refractivity contribution < 1.29 is 36.9 Å². The third kappa shape index (κ3) is 6.01. The van der Waals surface area contributed by atoms with E-state index in [2.05, 4.69) is 9.88 Å². The van der Waals surface area contributed by atoms with Gasteiger partial charge in [0, 0.05) is 43.4 Å². The first kappa shape index (κ1) is 27.7. The molecule has 0 aliphatic carbocycles. The number of primary amides is 1. The number of carbonyl (C=O) groups is 1. The number of fused-ring (bicyclic) bond motifs is 1. The van der Waals surface area contributed by atoms with Crippen LogP contribution >= 0.6 is 11.3 Å². The maximum absolute atomic E-state index is 13.4. The van der Waals surface area contributed by atoms with Crippen LogP contribution in [-0.4, -0.2) is 66.9 Å². The molecule has 9 nitrogen and oxygen atoms in total.